The topological polar surface area (TPSA) is 54.0 Å². The van der Waals surface area contributed by atoms with Gasteiger partial charge in [0.1, 0.15) is 0 Å². The zero-order valence-electron chi connectivity index (χ0n) is 17.2. The second-order valence-corrected chi connectivity index (χ2v) is 8.31. The summed E-state index contributed by atoms with van der Waals surface area (Å²) in [5.74, 6) is 0.0443. The highest BCUT2D eigenvalue weighted by Crippen LogP contribution is 2.33. The third kappa shape index (κ3) is 3.82. The summed E-state index contributed by atoms with van der Waals surface area (Å²) >= 11 is 0. The fourth-order valence-corrected chi connectivity index (χ4v) is 4.56. The molecule has 0 saturated heterocycles. The molecule has 1 aromatic heterocycles. The summed E-state index contributed by atoms with van der Waals surface area (Å²) in [5, 5.41) is 7.81. The number of rotatable bonds is 5. The highest BCUT2D eigenvalue weighted by Gasteiger charge is 2.22. The van der Waals surface area contributed by atoms with Crippen molar-refractivity contribution in [2.45, 2.75) is 44.6 Å². The summed E-state index contributed by atoms with van der Waals surface area (Å²) in [7, 11) is 0. The molecule has 1 amide bonds. The number of allylic oxidation sites excluding steroid dienone is 1. The van der Waals surface area contributed by atoms with Gasteiger partial charge in [-0.25, -0.2) is 0 Å². The minimum absolute atomic E-state index is 0.0443. The molecule has 2 N–H and O–H groups in total. The fourth-order valence-electron chi connectivity index (χ4n) is 4.56. The van der Waals surface area contributed by atoms with Gasteiger partial charge in [-0.3, -0.25) is 9.78 Å². The number of carbonyl (C=O) groups excluding carboxylic acids is 1. The molecule has 1 unspecified atom stereocenters. The van der Waals surface area contributed by atoms with Gasteiger partial charge in [0, 0.05) is 22.8 Å². The van der Waals surface area contributed by atoms with Gasteiger partial charge in [0.2, 0.25) is 5.91 Å². The average Bonchev–Trinajstić information content (AvgIpc) is 2.75. The van der Waals surface area contributed by atoms with Gasteiger partial charge in [0.05, 0.1) is 18.1 Å². The van der Waals surface area contributed by atoms with E-state index in [0.717, 1.165) is 54.3 Å². The normalized spacial score (nSPS) is 17.7. The van der Waals surface area contributed by atoms with Crippen LogP contribution in [0.25, 0.3) is 16.6 Å². The van der Waals surface area contributed by atoms with Crippen molar-refractivity contribution >= 4 is 22.5 Å². The molecule has 4 nitrogen and oxygen atoms in total. The van der Waals surface area contributed by atoms with Gasteiger partial charge >= 0.3 is 0 Å². The van der Waals surface area contributed by atoms with Crippen LogP contribution >= 0.6 is 0 Å². The van der Waals surface area contributed by atoms with E-state index < -0.39 is 0 Å². The van der Waals surface area contributed by atoms with Crippen LogP contribution in [0, 0.1) is 0 Å². The van der Waals surface area contributed by atoms with E-state index in [0.29, 0.717) is 0 Å². The minimum atomic E-state index is 0.0443. The average molecular weight is 398 g/mol. The SMILES string of the molecule is O=C(CNC(=C1CCC1)c1cnc2ccccc2c1)NC1CCCc2ccccc21. The van der Waals surface area contributed by atoms with Crippen LogP contribution in [0.3, 0.4) is 0 Å². The van der Waals surface area contributed by atoms with Crippen molar-refractivity contribution in [3.05, 3.63) is 83.1 Å². The standard InChI is InChI=1S/C26H27N3O/c30-25(29-24-14-6-9-18-7-1-3-12-22(18)24)17-28-26(19-10-5-11-19)21-15-20-8-2-4-13-23(20)27-16-21/h1-4,7-8,12-13,15-16,24,28H,5-6,9-11,14,17H2,(H,29,30). The Morgan fingerprint density at radius 3 is 2.70 bits per heavy atom. The van der Waals surface area contributed by atoms with Crippen LogP contribution in [0.2, 0.25) is 0 Å². The second-order valence-electron chi connectivity index (χ2n) is 8.31. The summed E-state index contributed by atoms with van der Waals surface area (Å²) in [6.45, 7) is 0.282. The second kappa shape index (κ2) is 8.31. The Balaban J connectivity index is 1.30. The minimum Gasteiger partial charge on any atom is -0.376 e. The van der Waals surface area contributed by atoms with Crippen LogP contribution in [-0.2, 0) is 11.2 Å². The summed E-state index contributed by atoms with van der Waals surface area (Å²) < 4.78 is 0. The van der Waals surface area contributed by atoms with E-state index >= 15 is 0 Å². The highest BCUT2D eigenvalue weighted by molar-refractivity contribution is 5.85. The van der Waals surface area contributed by atoms with Gasteiger partial charge in [0.25, 0.3) is 0 Å². The molecule has 1 heterocycles. The Hall–Kier alpha value is -3.14. The summed E-state index contributed by atoms with van der Waals surface area (Å²) in [6, 6.07) is 18.9. The summed E-state index contributed by atoms with van der Waals surface area (Å²) in [4.78, 5) is 17.4. The highest BCUT2D eigenvalue weighted by atomic mass is 16.2. The molecule has 2 aliphatic carbocycles. The first kappa shape index (κ1) is 18.9. The first-order valence-corrected chi connectivity index (χ1v) is 11.0. The van der Waals surface area contributed by atoms with E-state index in [1.54, 1.807) is 0 Å². The smallest absolute Gasteiger partial charge is 0.239 e. The molecule has 152 valence electrons. The molecular formula is C26H27N3O. The van der Waals surface area contributed by atoms with Crippen molar-refractivity contribution in [2.75, 3.05) is 6.54 Å². The van der Waals surface area contributed by atoms with Crippen LogP contribution in [0.5, 0.6) is 0 Å². The molecule has 1 saturated carbocycles. The van der Waals surface area contributed by atoms with Gasteiger partial charge in [-0.2, -0.15) is 0 Å². The molecule has 0 bridgehead atoms. The van der Waals surface area contributed by atoms with Crippen molar-refractivity contribution in [3.63, 3.8) is 0 Å². The van der Waals surface area contributed by atoms with Crippen molar-refractivity contribution in [3.8, 4) is 0 Å². The van der Waals surface area contributed by atoms with Gasteiger partial charge < -0.3 is 10.6 Å². The number of para-hydroxylation sites is 1. The maximum Gasteiger partial charge on any atom is 0.239 e. The Bertz CT molecular complexity index is 1110. The van der Waals surface area contributed by atoms with Crippen molar-refractivity contribution < 1.29 is 4.79 Å². The Morgan fingerprint density at radius 2 is 1.83 bits per heavy atom. The number of pyridine rings is 1. The Labute approximate surface area is 177 Å². The molecule has 0 spiro atoms. The lowest BCUT2D eigenvalue weighted by atomic mass is 9.87. The molecule has 2 aromatic carbocycles. The lowest BCUT2D eigenvalue weighted by Crippen LogP contribution is -2.37. The summed E-state index contributed by atoms with van der Waals surface area (Å²) in [6.07, 6.45) is 8.54. The van der Waals surface area contributed by atoms with E-state index in [2.05, 4.69) is 52.0 Å². The van der Waals surface area contributed by atoms with Gasteiger partial charge in [-0.05, 0) is 67.4 Å². The lowest BCUT2D eigenvalue weighted by molar-refractivity contribution is -0.120. The van der Waals surface area contributed by atoms with Crippen LogP contribution < -0.4 is 10.6 Å². The van der Waals surface area contributed by atoms with E-state index in [4.69, 9.17) is 0 Å². The molecule has 0 radical (unpaired) electrons. The third-order valence-corrected chi connectivity index (χ3v) is 6.32. The first-order valence-electron chi connectivity index (χ1n) is 11.0. The molecule has 30 heavy (non-hydrogen) atoms. The van der Waals surface area contributed by atoms with E-state index in [1.165, 1.54) is 23.1 Å². The van der Waals surface area contributed by atoms with Crippen molar-refractivity contribution in [1.29, 1.82) is 0 Å². The van der Waals surface area contributed by atoms with Crippen molar-refractivity contribution in [2.24, 2.45) is 0 Å². The fraction of sp³-hybridized carbons (Fsp3) is 0.308. The van der Waals surface area contributed by atoms with Gasteiger partial charge in [-0.1, -0.05) is 42.5 Å². The number of hydrogen-bond acceptors (Lipinski definition) is 3. The molecule has 4 heteroatoms. The van der Waals surface area contributed by atoms with E-state index in [9.17, 15) is 4.79 Å². The van der Waals surface area contributed by atoms with Crippen LogP contribution in [0.15, 0.2) is 66.4 Å². The number of aryl methyl sites for hydroxylation is 1. The van der Waals surface area contributed by atoms with Crippen LogP contribution in [0.1, 0.15) is 54.8 Å². The number of aromatic nitrogens is 1. The number of hydrogen-bond donors (Lipinski definition) is 2. The van der Waals surface area contributed by atoms with E-state index in [-0.39, 0.29) is 18.5 Å². The molecule has 3 aromatic rings. The van der Waals surface area contributed by atoms with E-state index in [1.807, 2.05) is 24.4 Å². The summed E-state index contributed by atoms with van der Waals surface area (Å²) in [5.41, 5.74) is 7.17. The maximum absolute atomic E-state index is 12.8. The Kier molecular flexibility index (Phi) is 5.22. The molecule has 1 fully saturated rings. The number of carbonyl (C=O) groups is 1. The third-order valence-electron chi connectivity index (χ3n) is 6.32. The number of benzene rings is 2. The Morgan fingerprint density at radius 1 is 1.00 bits per heavy atom. The molecule has 2 aliphatic rings. The lowest BCUT2D eigenvalue weighted by Gasteiger charge is -2.27. The molecular weight excluding hydrogens is 370 g/mol. The first-order chi connectivity index (χ1) is 14.8. The zero-order valence-corrected chi connectivity index (χ0v) is 17.2. The largest absolute Gasteiger partial charge is 0.376 e. The monoisotopic (exact) mass is 397 g/mol. The molecule has 1 atom stereocenters. The van der Waals surface area contributed by atoms with Crippen LogP contribution in [0.4, 0.5) is 0 Å². The predicted octanol–water partition coefficient (Wildman–Crippen LogP) is 4.91. The molecule has 5 rings (SSSR count). The number of fused-ring (bicyclic) bond motifs is 2. The maximum atomic E-state index is 12.8. The van der Waals surface area contributed by atoms with Gasteiger partial charge in [-0.15, -0.1) is 0 Å². The number of nitrogens with zero attached hydrogens (tertiary/aromatic N) is 1. The quantitative estimate of drug-likeness (QED) is 0.643. The molecule has 0 aliphatic heterocycles. The number of nitrogens with one attached hydrogen (secondary N) is 2. The van der Waals surface area contributed by atoms with Crippen molar-refractivity contribution in [1.82, 2.24) is 15.6 Å². The number of amides is 1. The van der Waals surface area contributed by atoms with Crippen LogP contribution in [-0.4, -0.2) is 17.4 Å². The van der Waals surface area contributed by atoms with Gasteiger partial charge in [0.15, 0.2) is 0 Å². The zero-order chi connectivity index (χ0) is 20.3. The predicted molar refractivity (Wildman–Crippen MR) is 121 cm³/mol.